The Morgan fingerprint density at radius 2 is 1.73 bits per heavy atom. The molecule has 0 unspecified atom stereocenters. The first-order valence-corrected chi connectivity index (χ1v) is 9.75. The molecule has 1 heterocycles. The first-order valence-electron chi connectivity index (χ1n) is 7.39. The van der Waals surface area contributed by atoms with E-state index in [4.69, 9.17) is 5.14 Å². The van der Waals surface area contributed by atoms with Crippen LogP contribution in [0.4, 0.5) is 10.1 Å². The number of rotatable bonds is 3. The number of carbonyl (C=O) groups is 1. The Morgan fingerprint density at radius 1 is 1.12 bits per heavy atom. The monoisotopic (exact) mass is 391 g/mol. The normalized spacial score (nSPS) is 18.1. The van der Waals surface area contributed by atoms with Crippen LogP contribution in [0.2, 0.25) is 0 Å². The summed E-state index contributed by atoms with van der Waals surface area (Å²) < 4.78 is 35.5. The fourth-order valence-corrected chi connectivity index (χ4v) is 3.69. The second kappa shape index (κ2) is 7.02. The number of thioether (sulfide) groups is 1. The number of nitrogens with two attached hydrogens (primary N) is 1. The summed E-state index contributed by atoms with van der Waals surface area (Å²) in [4.78, 5) is 18.6. The summed E-state index contributed by atoms with van der Waals surface area (Å²) in [6.45, 7) is 0. The lowest BCUT2D eigenvalue weighted by molar-refractivity contribution is -0.121. The van der Waals surface area contributed by atoms with Crippen molar-refractivity contribution in [3.8, 4) is 0 Å². The number of primary sulfonamides is 1. The van der Waals surface area contributed by atoms with E-state index in [0.717, 1.165) is 0 Å². The fraction of sp³-hybridized carbons (Fsp3) is 0.0588. The minimum Gasteiger partial charge on any atom is -0.290 e. The van der Waals surface area contributed by atoms with E-state index in [-0.39, 0.29) is 16.6 Å². The molecule has 1 fully saturated rings. The van der Waals surface area contributed by atoms with Gasteiger partial charge in [0.2, 0.25) is 10.0 Å². The van der Waals surface area contributed by atoms with Crippen molar-refractivity contribution in [2.24, 2.45) is 10.1 Å². The smallest absolute Gasteiger partial charge is 0.266 e. The van der Waals surface area contributed by atoms with Crippen LogP contribution >= 0.6 is 11.8 Å². The zero-order valence-corrected chi connectivity index (χ0v) is 15.2. The quantitative estimate of drug-likeness (QED) is 0.814. The molecule has 0 atom stereocenters. The maximum absolute atomic E-state index is 13.0. The molecule has 0 bridgehead atoms. The van der Waals surface area contributed by atoms with Crippen molar-refractivity contribution in [3.05, 3.63) is 64.8 Å². The Hall–Kier alpha value is -2.49. The molecule has 3 rings (SSSR count). The zero-order chi connectivity index (χ0) is 18.9. The molecule has 1 aliphatic heterocycles. The number of aliphatic imine (C=N–C) groups is 1. The van der Waals surface area contributed by atoms with Crippen LogP contribution in [-0.2, 0) is 14.8 Å². The van der Waals surface area contributed by atoms with Crippen molar-refractivity contribution in [3.63, 3.8) is 0 Å². The summed E-state index contributed by atoms with van der Waals surface area (Å²) >= 11 is 1.18. The van der Waals surface area contributed by atoms with Crippen molar-refractivity contribution >= 4 is 44.6 Å². The number of sulfonamides is 1. The van der Waals surface area contributed by atoms with E-state index in [1.54, 1.807) is 25.3 Å². The summed E-state index contributed by atoms with van der Waals surface area (Å²) in [6, 6.07) is 11.5. The molecule has 2 N–H and O–H groups in total. The van der Waals surface area contributed by atoms with Gasteiger partial charge in [-0.1, -0.05) is 12.1 Å². The number of benzene rings is 2. The van der Waals surface area contributed by atoms with Gasteiger partial charge in [-0.3, -0.25) is 9.69 Å². The van der Waals surface area contributed by atoms with Gasteiger partial charge in [-0.15, -0.1) is 0 Å². The molecule has 0 saturated carbocycles. The van der Waals surface area contributed by atoms with Gasteiger partial charge in [-0.2, -0.15) is 0 Å². The van der Waals surface area contributed by atoms with Gasteiger partial charge >= 0.3 is 0 Å². The second-order valence-electron chi connectivity index (χ2n) is 5.46. The Kier molecular flexibility index (Phi) is 4.94. The SMILES string of the molecule is CN1C(=O)/C(=C\c2ccc(F)cc2)SC1=Nc1ccc(S(N)(=O)=O)cc1. The van der Waals surface area contributed by atoms with Crippen LogP contribution < -0.4 is 5.14 Å². The van der Waals surface area contributed by atoms with Crippen LogP contribution in [0.15, 0.2) is 63.3 Å². The third-order valence-corrected chi connectivity index (χ3v) is 5.55. The van der Waals surface area contributed by atoms with E-state index in [0.29, 0.717) is 21.3 Å². The Morgan fingerprint density at radius 3 is 2.31 bits per heavy atom. The van der Waals surface area contributed by atoms with Crippen LogP contribution in [0.5, 0.6) is 0 Å². The largest absolute Gasteiger partial charge is 0.290 e. The summed E-state index contributed by atoms with van der Waals surface area (Å²) in [5, 5.41) is 5.51. The summed E-state index contributed by atoms with van der Waals surface area (Å²) in [6.07, 6.45) is 1.66. The van der Waals surface area contributed by atoms with Crippen molar-refractivity contribution < 1.29 is 17.6 Å². The van der Waals surface area contributed by atoms with Crippen molar-refractivity contribution in [2.45, 2.75) is 4.90 Å². The minimum absolute atomic E-state index is 0.0122. The lowest BCUT2D eigenvalue weighted by atomic mass is 10.2. The van der Waals surface area contributed by atoms with Crippen LogP contribution in [0.1, 0.15) is 5.56 Å². The molecule has 1 aliphatic rings. The molecule has 2 aromatic carbocycles. The predicted octanol–water partition coefficient (Wildman–Crippen LogP) is 2.71. The fourth-order valence-electron chi connectivity index (χ4n) is 2.18. The number of nitrogens with zero attached hydrogens (tertiary/aromatic N) is 2. The Labute approximate surface area is 154 Å². The number of hydrogen-bond acceptors (Lipinski definition) is 5. The molecule has 26 heavy (non-hydrogen) atoms. The number of amidine groups is 1. The standard InChI is InChI=1S/C17H14FN3O3S2/c1-21-16(22)15(10-11-2-4-12(18)5-3-11)25-17(21)20-13-6-8-14(9-7-13)26(19,23)24/h2-10H,1H3,(H2,19,23,24)/b15-10+,20-17?. The number of carbonyl (C=O) groups excluding carboxylic acids is 1. The highest BCUT2D eigenvalue weighted by molar-refractivity contribution is 8.18. The molecule has 9 heteroatoms. The predicted molar refractivity (Wildman–Crippen MR) is 99.6 cm³/mol. The number of halogens is 1. The molecule has 1 amide bonds. The number of hydrogen-bond donors (Lipinski definition) is 1. The van der Waals surface area contributed by atoms with E-state index in [9.17, 15) is 17.6 Å². The highest BCUT2D eigenvalue weighted by atomic mass is 32.2. The third kappa shape index (κ3) is 4.01. The molecule has 1 saturated heterocycles. The second-order valence-corrected chi connectivity index (χ2v) is 8.03. The van der Waals surface area contributed by atoms with Crippen LogP contribution in [0, 0.1) is 5.82 Å². The van der Waals surface area contributed by atoms with Crippen molar-refractivity contribution in [2.75, 3.05) is 7.05 Å². The van der Waals surface area contributed by atoms with Gasteiger partial charge in [-0.25, -0.2) is 22.9 Å². The molecule has 0 aromatic heterocycles. The lowest BCUT2D eigenvalue weighted by Crippen LogP contribution is -2.23. The topological polar surface area (TPSA) is 92.8 Å². The molecule has 2 aromatic rings. The Balaban J connectivity index is 1.86. The van der Waals surface area contributed by atoms with Crippen molar-refractivity contribution in [1.82, 2.24) is 4.90 Å². The summed E-state index contributed by atoms with van der Waals surface area (Å²) in [5.41, 5.74) is 1.19. The van der Waals surface area contributed by atoms with Crippen LogP contribution in [0.3, 0.4) is 0 Å². The van der Waals surface area contributed by atoms with Gasteiger partial charge in [0.1, 0.15) is 5.82 Å². The first kappa shape index (κ1) is 18.3. The molecular formula is C17H14FN3O3S2. The van der Waals surface area contributed by atoms with Crippen LogP contribution in [0.25, 0.3) is 6.08 Å². The van der Waals surface area contributed by atoms with E-state index < -0.39 is 10.0 Å². The molecule has 6 nitrogen and oxygen atoms in total. The van der Waals surface area contributed by atoms with Gasteiger partial charge in [0.25, 0.3) is 5.91 Å². The highest BCUT2D eigenvalue weighted by Gasteiger charge is 2.30. The third-order valence-electron chi connectivity index (χ3n) is 3.56. The maximum Gasteiger partial charge on any atom is 0.266 e. The van der Waals surface area contributed by atoms with Crippen molar-refractivity contribution in [1.29, 1.82) is 0 Å². The molecular weight excluding hydrogens is 377 g/mol. The van der Waals surface area contributed by atoms with E-state index in [1.807, 2.05) is 0 Å². The molecule has 134 valence electrons. The van der Waals surface area contributed by atoms with E-state index >= 15 is 0 Å². The lowest BCUT2D eigenvalue weighted by Gasteiger charge is -2.07. The van der Waals surface area contributed by atoms with Crippen LogP contribution in [-0.4, -0.2) is 31.4 Å². The van der Waals surface area contributed by atoms with Gasteiger partial charge in [-0.05, 0) is 59.8 Å². The summed E-state index contributed by atoms with van der Waals surface area (Å²) in [7, 11) is -2.17. The number of likely N-dealkylation sites (N-methyl/N-ethyl adjacent to an activating group) is 1. The maximum atomic E-state index is 13.0. The number of amides is 1. The van der Waals surface area contributed by atoms with Gasteiger partial charge < -0.3 is 0 Å². The summed E-state index contributed by atoms with van der Waals surface area (Å²) in [5.74, 6) is -0.570. The molecule has 0 spiro atoms. The average Bonchev–Trinajstić information content (AvgIpc) is 2.85. The van der Waals surface area contributed by atoms with Gasteiger partial charge in [0, 0.05) is 7.05 Å². The molecule has 0 aliphatic carbocycles. The Bertz CT molecular complexity index is 1010. The zero-order valence-electron chi connectivity index (χ0n) is 13.6. The first-order chi connectivity index (χ1) is 12.2. The highest BCUT2D eigenvalue weighted by Crippen LogP contribution is 2.33. The van der Waals surface area contributed by atoms with E-state index in [1.165, 1.54) is 53.1 Å². The van der Waals surface area contributed by atoms with Gasteiger partial charge in [0.15, 0.2) is 5.17 Å². The molecule has 0 radical (unpaired) electrons. The minimum atomic E-state index is -3.77. The average molecular weight is 391 g/mol. The van der Waals surface area contributed by atoms with Gasteiger partial charge in [0.05, 0.1) is 15.5 Å². The van der Waals surface area contributed by atoms with E-state index in [2.05, 4.69) is 4.99 Å².